The number of carbonyl (C=O) groups excluding carboxylic acids is 2. The van der Waals surface area contributed by atoms with E-state index in [0.29, 0.717) is 0 Å². The van der Waals surface area contributed by atoms with Gasteiger partial charge < -0.3 is 10.6 Å². The number of amides is 2. The van der Waals surface area contributed by atoms with Crippen LogP contribution in [0.2, 0.25) is 0 Å². The molecular weight excluding hydrogens is 404 g/mol. The van der Waals surface area contributed by atoms with Crippen molar-refractivity contribution in [3.05, 3.63) is 57.1 Å². The van der Waals surface area contributed by atoms with Crippen LogP contribution in [0.4, 0.5) is 11.4 Å². The maximum absolute atomic E-state index is 10.8. The first-order valence-electron chi connectivity index (χ1n) is 8.98. The molecule has 0 saturated heterocycles. The lowest BCUT2D eigenvalue weighted by Gasteiger charge is -2.07. The molecule has 2 aromatic rings. The topological polar surface area (TPSA) is 58.2 Å². The van der Waals surface area contributed by atoms with Gasteiger partial charge in [0.25, 0.3) is 0 Å². The molecule has 2 amide bonds. The van der Waals surface area contributed by atoms with Gasteiger partial charge in [-0.15, -0.1) is 0 Å². The Hall–Kier alpha value is -2.14. The lowest BCUT2D eigenvalue weighted by Crippen LogP contribution is -2.06. The van der Waals surface area contributed by atoms with Crippen LogP contribution >= 0.6 is 15.9 Å². The van der Waals surface area contributed by atoms with Gasteiger partial charge in [-0.25, -0.2) is 0 Å². The third-order valence-electron chi connectivity index (χ3n) is 3.30. The van der Waals surface area contributed by atoms with Gasteiger partial charge in [0.15, 0.2) is 0 Å². The molecule has 0 bridgehead atoms. The summed E-state index contributed by atoms with van der Waals surface area (Å²) in [7, 11) is 0. The van der Waals surface area contributed by atoms with E-state index in [2.05, 4.69) is 32.6 Å². The fraction of sp³-hybridized carbons (Fsp3) is 0.364. The van der Waals surface area contributed by atoms with Gasteiger partial charge in [-0.05, 0) is 74.2 Å². The van der Waals surface area contributed by atoms with Crippen molar-refractivity contribution in [2.24, 2.45) is 0 Å². The number of aryl methyl sites for hydroxylation is 4. The van der Waals surface area contributed by atoms with E-state index in [1.54, 1.807) is 0 Å². The van der Waals surface area contributed by atoms with Crippen LogP contribution in [-0.4, -0.2) is 11.8 Å². The number of halogens is 1. The maximum Gasteiger partial charge on any atom is 0.221 e. The fourth-order valence-electron chi connectivity index (χ4n) is 2.47. The second-order valence-corrected chi connectivity index (χ2v) is 6.96. The number of hydrogen-bond acceptors (Lipinski definition) is 2. The summed E-state index contributed by atoms with van der Waals surface area (Å²) in [6.07, 6.45) is 0. The molecule has 0 aliphatic rings. The molecule has 5 heteroatoms. The molecule has 0 unspecified atom stereocenters. The molecule has 2 aromatic carbocycles. The molecule has 0 spiro atoms. The number of rotatable bonds is 2. The Morgan fingerprint density at radius 1 is 0.704 bits per heavy atom. The van der Waals surface area contributed by atoms with E-state index in [-0.39, 0.29) is 11.8 Å². The molecule has 27 heavy (non-hydrogen) atoms. The van der Waals surface area contributed by atoms with E-state index >= 15 is 0 Å². The van der Waals surface area contributed by atoms with Gasteiger partial charge in [0.2, 0.25) is 11.8 Å². The van der Waals surface area contributed by atoms with Crippen molar-refractivity contribution in [1.29, 1.82) is 0 Å². The first kappa shape index (κ1) is 24.9. The summed E-state index contributed by atoms with van der Waals surface area (Å²) in [5, 5.41) is 5.50. The van der Waals surface area contributed by atoms with E-state index in [1.165, 1.54) is 25.0 Å². The normalized spacial score (nSPS) is 9.22. The molecule has 2 N–H and O–H groups in total. The second kappa shape index (κ2) is 12.3. The lowest BCUT2D eigenvalue weighted by molar-refractivity contribution is -0.115. The molecule has 0 heterocycles. The van der Waals surface area contributed by atoms with E-state index in [1.807, 2.05) is 65.8 Å². The zero-order chi connectivity index (χ0) is 21.1. The predicted octanol–water partition coefficient (Wildman–Crippen LogP) is 6.31. The molecule has 0 fully saturated rings. The largest absolute Gasteiger partial charge is 0.326 e. The Labute approximate surface area is 171 Å². The van der Waals surface area contributed by atoms with Crippen LogP contribution in [0.5, 0.6) is 0 Å². The second-order valence-electron chi connectivity index (χ2n) is 6.16. The average molecular weight is 435 g/mol. The van der Waals surface area contributed by atoms with Crippen LogP contribution in [0.1, 0.15) is 49.9 Å². The lowest BCUT2D eigenvalue weighted by atomic mass is 10.1. The molecule has 0 atom stereocenters. The quantitative estimate of drug-likeness (QED) is 0.581. The van der Waals surface area contributed by atoms with Crippen LogP contribution in [0.25, 0.3) is 0 Å². The number of nitrogens with one attached hydrogen (secondary N) is 2. The molecule has 0 aliphatic carbocycles. The SMILES string of the molecule is CC.CC(=O)Nc1cc(C)c(Br)c(C)c1.CC(=O)Nc1cc(C)cc(C)c1. The minimum Gasteiger partial charge on any atom is -0.326 e. The van der Waals surface area contributed by atoms with Gasteiger partial charge in [0.1, 0.15) is 0 Å². The number of hydrogen-bond donors (Lipinski definition) is 2. The standard InChI is InChI=1S/C10H12BrNO.C10H13NO.C2H6/c1-6-4-9(12-8(3)13)5-7(2)10(6)11;1-7-4-8(2)6-10(5-7)11-9(3)12;1-2/h4-5H,1-3H3,(H,12,13);4-6H,1-3H3,(H,11,12);1-2H3. The summed E-state index contributed by atoms with van der Waals surface area (Å²) >= 11 is 3.47. The van der Waals surface area contributed by atoms with E-state index in [4.69, 9.17) is 0 Å². The number of carbonyl (C=O) groups is 2. The van der Waals surface area contributed by atoms with E-state index in [9.17, 15) is 9.59 Å². The van der Waals surface area contributed by atoms with Crippen molar-refractivity contribution < 1.29 is 9.59 Å². The predicted molar refractivity (Wildman–Crippen MR) is 119 cm³/mol. The van der Waals surface area contributed by atoms with Crippen molar-refractivity contribution in [1.82, 2.24) is 0 Å². The fourth-order valence-corrected chi connectivity index (χ4v) is 2.70. The van der Waals surface area contributed by atoms with Crippen LogP contribution in [-0.2, 0) is 9.59 Å². The van der Waals surface area contributed by atoms with Crippen molar-refractivity contribution in [2.75, 3.05) is 10.6 Å². The molecule has 148 valence electrons. The first-order valence-corrected chi connectivity index (χ1v) is 9.78. The Balaban J connectivity index is 0.000000460. The molecule has 0 aliphatic heterocycles. The van der Waals surface area contributed by atoms with Gasteiger partial charge in [-0.1, -0.05) is 35.8 Å². The summed E-state index contributed by atoms with van der Waals surface area (Å²) in [5.74, 6) is -0.0684. The highest BCUT2D eigenvalue weighted by atomic mass is 79.9. The molecule has 4 nitrogen and oxygen atoms in total. The Morgan fingerprint density at radius 2 is 1.04 bits per heavy atom. The zero-order valence-corrected chi connectivity index (χ0v) is 19.2. The highest BCUT2D eigenvalue weighted by Gasteiger charge is 2.02. The van der Waals surface area contributed by atoms with Gasteiger partial charge >= 0.3 is 0 Å². The van der Waals surface area contributed by atoms with Gasteiger partial charge in [0.05, 0.1) is 0 Å². The summed E-state index contributed by atoms with van der Waals surface area (Å²) in [6, 6.07) is 9.87. The zero-order valence-electron chi connectivity index (χ0n) is 17.6. The van der Waals surface area contributed by atoms with E-state index in [0.717, 1.165) is 27.0 Å². The minimum atomic E-state index is -0.0406. The minimum absolute atomic E-state index is 0.0278. The molecule has 0 saturated carbocycles. The van der Waals surface area contributed by atoms with Crippen molar-refractivity contribution >= 4 is 39.1 Å². The average Bonchev–Trinajstić information content (AvgIpc) is 2.53. The van der Waals surface area contributed by atoms with Gasteiger partial charge in [-0.2, -0.15) is 0 Å². The first-order chi connectivity index (χ1) is 12.6. The van der Waals surface area contributed by atoms with Crippen molar-refractivity contribution in [2.45, 2.75) is 55.4 Å². The third kappa shape index (κ3) is 9.94. The summed E-state index contributed by atoms with van der Waals surface area (Å²) < 4.78 is 1.10. The van der Waals surface area contributed by atoms with Crippen LogP contribution in [0, 0.1) is 27.7 Å². The van der Waals surface area contributed by atoms with Gasteiger partial charge in [0, 0.05) is 29.7 Å². The van der Waals surface area contributed by atoms with E-state index < -0.39 is 0 Å². The summed E-state index contributed by atoms with van der Waals surface area (Å²) in [5.41, 5.74) is 6.32. The maximum atomic E-state index is 10.8. The molecule has 2 rings (SSSR count). The molecular formula is C22H31BrN2O2. The number of anilines is 2. The van der Waals surface area contributed by atoms with Crippen molar-refractivity contribution in [3.63, 3.8) is 0 Å². The summed E-state index contributed by atoms with van der Waals surface area (Å²) in [4.78, 5) is 21.5. The Bertz CT molecular complexity index is 743. The highest BCUT2D eigenvalue weighted by Crippen LogP contribution is 2.24. The monoisotopic (exact) mass is 434 g/mol. The highest BCUT2D eigenvalue weighted by molar-refractivity contribution is 9.10. The van der Waals surface area contributed by atoms with Crippen LogP contribution in [0.3, 0.4) is 0 Å². The smallest absolute Gasteiger partial charge is 0.221 e. The van der Waals surface area contributed by atoms with Gasteiger partial charge in [-0.3, -0.25) is 9.59 Å². The molecule has 0 radical (unpaired) electrons. The third-order valence-corrected chi connectivity index (χ3v) is 4.55. The summed E-state index contributed by atoms with van der Waals surface area (Å²) in [6.45, 7) is 15.0. The van der Waals surface area contributed by atoms with Crippen LogP contribution < -0.4 is 10.6 Å². The Kier molecular flexibility index (Phi) is 11.3. The molecule has 0 aromatic heterocycles. The van der Waals surface area contributed by atoms with Crippen molar-refractivity contribution in [3.8, 4) is 0 Å². The Morgan fingerprint density at radius 3 is 1.37 bits per heavy atom. The number of benzene rings is 2. The van der Waals surface area contributed by atoms with Crippen LogP contribution in [0.15, 0.2) is 34.8 Å².